The molecule has 0 bridgehead atoms. The van der Waals surface area contributed by atoms with Crippen LogP contribution in [0, 0.1) is 30.6 Å². The van der Waals surface area contributed by atoms with Crippen LogP contribution in [-0.4, -0.2) is 25.8 Å². The Morgan fingerprint density at radius 3 is 0.800 bits per heavy atom. The fourth-order valence-corrected chi connectivity index (χ4v) is 0. The first kappa shape index (κ1) is 23.6. The molecule has 0 aromatic rings. The third-order valence-corrected chi connectivity index (χ3v) is 0. The van der Waals surface area contributed by atoms with Crippen LogP contribution in [0.5, 0.6) is 0 Å². The first-order valence-electron chi connectivity index (χ1n) is 1.10. The van der Waals surface area contributed by atoms with E-state index in [2.05, 4.69) is 0 Å². The Labute approximate surface area is 57.6 Å². The van der Waals surface area contributed by atoms with Gasteiger partial charge in [-0.05, 0) is 0 Å². The minimum Gasteiger partial charge on any atom is -0.412 e. The monoisotopic (exact) mass is 151 g/mol. The maximum absolute atomic E-state index is 8.25. The molecule has 0 aromatic heterocycles. The Morgan fingerprint density at radius 2 is 0.800 bits per heavy atom. The van der Waals surface area contributed by atoms with Crippen LogP contribution < -0.4 is 0 Å². The van der Waals surface area contributed by atoms with E-state index in [0.717, 1.165) is 0 Å². The van der Waals surface area contributed by atoms with Gasteiger partial charge in [-0.15, -0.1) is 0 Å². The Hall–Kier alpha value is -1.47. The molecule has 0 heterocycles. The van der Waals surface area contributed by atoms with Gasteiger partial charge in [-0.1, -0.05) is 0 Å². The second kappa shape index (κ2) is 15.6. The number of hydrogen-bond donors (Lipinski definition) is 0. The van der Waals surface area contributed by atoms with E-state index in [1.165, 1.54) is 0 Å². The van der Waals surface area contributed by atoms with Gasteiger partial charge in [-0.3, -0.25) is 0 Å². The summed E-state index contributed by atoms with van der Waals surface area (Å²) in [6.07, 6.45) is 0. The summed E-state index contributed by atoms with van der Waals surface area (Å²) in [5.41, 5.74) is 0. The zero-order valence-corrected chi connectivity index (χ0v) is 4.55. The van der Waals surface area contributed by atoms with Crippen molar-refractivity contribution in [2.75, 3.05) is 0 Å². The summed E-state index contributed by atoms with van der Waals surface area (Å²) in [7, 11) is 0. The molecule has 0 fully saturated rings. The predicted octanol–water partition coefficient (Wildman–Crippen LogP) is -1.68. The largest absolute Gasteiger partial charge is 2.00 e. The van der Waals surface area contributed by atoms with E-state index >= 15 is 0 Å². The van der Waals surface area contributed by atoms with Crippen LogP contribution in [-0.2, 0) is 0 Å². The molecule has 0 radical (unpaired) electrons. The van der Waals surface area contributed by atoms with E-state index in [0.29, 0.717) is 0 Å². The maximum Gasteiger partial charge on any atom is 2.00 e. The molecule has 10 heavy (non-hydrogen) atoms. The molecule has 0 atom stereocenters. The normalized spacial score (nSPS) is 4.80. The molecule has 0 saturated heterocycles. The summed E-state index contributed by atoms with van der Waals surface area (Å²) in [6, 6.07) is 0. The van der Waals surface area contributed by atoms with E-state index in [4.69, 9.17) is 30.6 Å². The molecule has 0 rings (SSSR count). The predicted molar refractivity (Wildman–Crippen MR) is 30.1 cm³/mol. The van der Waals surface area contributed by atoms with Crippen molar-refractivity contribution in [3.63, 3.8) is 0 Å². The molecule has 0 aliphatic heterocycles. The van der Waals surface area contributed by atoms with Gasteiger partial charge in [0.05, 0.1) is 10.2 Å². The van der Waals surface area contributed by atoms with Crippen LogP contribution in [0.3, 0.4) is 0 Å². The van der Waals surface area contributed by atoms with Crippen LogP contribution >= 0.6 is 0 Å². The van der Waals surface area contributed by atoms with Gasteiger partial charge in [-0.25, -0.2) is 0 Å². The van der Waals surface area contributed by atoms with Crippen LogP contribution in [0.2, 0.25) is 0 Å². The standard InChI is InChI=1S/Be.2NO3.H2O/c;2*2-1(3)4;/h;;;1H2/q+2;2*-1;. The number of rotatable bonds is 0. The smallest absolute Gasteiger partial charge is 0.412 e. The van der Waals surface area contributed by atoms with E-state index in [1.54, 1.807) is 0 Å². The van der Waals surface area contributed by atoms with Gasteiger partial charge in [0, 0.05) is 0 Å². The van der Waals surface area contributed by atoms with Crippen molar-refractivity contribution < 1.29 is 15.6 Å². The molecule has 0 spiro atoms. The van der Waals surface area contributed by atoms with Crippen LogP contribution in [0.25, 0.3) is 0 Å². The minimum atomic E-state index is -1.75. The maximum atomic E-state index is 8.25. The summed E-state index contributed by atoms with van der Waals surface area (Å²) in [5, 5.41) is 29.5. The first-order chi connectivity index (χ1) is 3.46. The van der Waals surface area contributed by atoms with Gasteiger partial charge < -0.3 is 36.1 Å². The Morgan fingerprint density at radius 1 is 0.800 bits per heavy atom. The van der Waals surface area contributed by atoms with Gasteiger partial charge in [0.1, 0.15) is 0 Å². The van der Waals surface area contributed by atoms with E-state index in [-0.39, 0.29) is 15.6 Å². The van der Waals surface area contributed by atoms with Crippen molar-refractivity contribution in [1.82, 2.24) is 0 Å². The first-order valence-corrected chi connectivity index (χ1v) is 1.10. The van der Waals surface area contributed by atoms with Crippen molar-refractivity contribution in [2.24, 2.45) is 0 Å². The van der Waals surface area contributed by atoms with Gasteiger partial charge in [0.2, 0.25) is 0 Å². The Kier molecular flexibility index (Phi) is 36.9. The molecule has 0 amide bonds. The summed E-state index contributed by atoms with van der Waals surface area (Å²) in [4.78, 5) is 16.5. The second-order valence-corrected chi connectivity index (χ2v) is 0.447. The average molecular weight is 151 g/mol. The third-order valence-electron chi connectivity index (χ3n) is 0. The fraction of sp³-hybridized carbons (Fsp3) is 0. The van der Waals surface area contributed by atoms with E-state index in [1.807, 2.05) is 0 Å². The van der Waals surface area contributed by atoms with Crippen LogP contribution in [0.4, 0.5) is 0 Å². The molecule has 9 nitrogen and oxygen atoms in total. The summed E-state index contributed by atoms with van der Waals surface area (Å²) in [6.45, 7) is 0. The molecular formula is H2BeN2O7. The van der Waals surface area contributed by atoms with Gasteiger partial charge in [0.25, 0.3) is 0 Å². The fourth-order valence-electron chi connectivity index (χ4n) is 0. The summed E-state index contributed by atoms with van der Waals surface area (Å²) in [5.74, 6) is 0. The summed E-state index contributed by atoms with van der Waals surface area (Å²) >= 11 is 0. The Balaban J connectivity index is -0.0000000300. The topological polar surface area (TPSA) is 164 Å². The van der Waals surface area contributed by atoms with Crippen LogP contribution in [0.1, 0.15) is 0 Å². The molecule has 0 aromatic carbocycles. The van der Waals surface area contributed by atoms with Crippen molar-refractivity contribution in [1.29, 1.82) is 0 Å². The molecule has 0 aliphatic carbocycles. The number of nitrogens with zero attached hydrogens (tertiary/aromatic N) is 2. The third kappa shape index (κ3) is 92.2. The average Bonchev–Trinajstić information content (AvgIpc) is 1.25. The van der Waals surface area contributed by atoms with Gasteiger partial charge >= 0.3 is 10.1 Å². The minimum absolute atomic E-state index is 0. The van der Waals surface area contributed by atoms with Crippen LogP contribution in [0.15, 0.2) is 0 Å². The zero-order valence-electron chi connectivity index (χ0n) is 4.55. The molecule has 56 valence electrons. The van der Waals surface area contributed by atoms with Gasteiger partial charge in [-0.2, -0.15) is 0 Å². The quantitative estimate of drug-likeness (QED) is 0.227. The molecular weight excluding hydrogens is 149 g/mol. The van der Waals surface area contributed by atoms with Crippen molar-refractivity contribution >= 4 is 10.1 Å². The van der Waals surface area contributed by atoms with Gasteiger partial charge in [0.15, 0.2) is 0 Å². The van der Waals surface area contributed by atoms with Crippen molar-refractivity contribution in [3.8, 4) is 0 Å². The number of hydrogen-bond acceptors (Lipinski definition) is 6. The molecule has 10 heteroatoms. The Bertz CT molecular complexity index is 69.6. The molecule has 0 unspecified atom stereocenters. The van der Waals surface area contributed by atoms with E-state index < -0.39 is 10.2 Å². The molecule has 2 N–H and O–H groups in total. The van der Waals surface area contributed by atoms with E-state index in [9.17, 15) is 0 Å². The molecule has 0 aliphatic rings. The van der Waals surface area contributed by atoms with Crippen molar-refractivity contribution in [3.05, 3.63) is 30.6 Å². The SMILES string of the molecule is O.O=[N+]([O-])[O-].O=[N+]([O-])[O-].[Be+2]. The summed E-state index contributed by atoms with van der Waals surface area (Å²) < 4.78 is 0. The zero-order chi connectivity index (χ0) is 7.15. The second-order valence-electron chi connectivity index (χ2n) is 0.447. The molecule has 0 saturated carbocycles. The van der Waals surface area contributed by atoms with Crippen molar-refractivity contribution in [2.45, 2.75) is 0 Å².